The number of benzene rings is 1. The van der Waals surface area contributed by atoms with Crippen LogP contribution in [0.5, 0.6) is 0 Å². The number of carbonyl (C=O) groups excluding carboxylic acids is 2. The van der Waals surface area contributed by atoms with Crippen LogP contribution in [0.15, 0.2) is 28.7 Å². The molecule has 0 aliphatic rings. The van der Waals surface area contributed by atoms with Crippen LogP contribution < -0.4 is 5.32 Å². The number of carboxylic acids is 1. The standard InChI is InChI=1S/C20H23FN2O5/c1-11(2)7-18(24)22-17-6-5-13(8-16(17)21)19(25)23(4)10-14-9-15(20(26)27)12(3)28-14/h5-6,8-9,11H,7,10H2,1-4H3,(H,22,24)(H,26,27). The van der Waals surface area contributed by atoms with Gasteiger partial charge in [0.1, 0.15) is 22.9 Å². The van der Waals surface area contributed by atoms with Crippen LogP contribution in [0.25, 0.3) is 0 Å². The highest BCUT2D eigenvalue weighted by Gasteiger charge is 2.19. The number of anilines is 1. The summed E-state index contributed by atoms with van der Waals surface area (Å²) in [6.07, 6.45) is 0.268. The Balaban J connectivity index is 2.09. The average Bonchev–Trinajstić information content (AvgIpc) is 2.95. The summed E-state index contributed by atoms with van der Waals surface area (Å²) in [7, 11) is 1.50. The van der Waals surface area contributed by atoms with Gasteiger partial charge < -0.3 is 19.7 Å². The second-order valence-electron chi connectivity index (χ2n) is 6.99. The van der Waals surface area contributed by atoms with E-state index in [9.17, 15) is 18.8 Å². The Bertz CT molecular complexity index is 904. The van der Waals surface area contributed by atoms with Gasteiger partial charge in [-0.05, 0) is 37.1 Å². The molecule has 0 fully saturated rings. The summed E-state index contributed by atoms with van der Waals surface area (Å²) in [4.78, 5) is 36.7. The quantitative estimate of drug-likeness (QED) is 0.751. The summed E-state index contributed by atoms with van der Waals surface area (Å²) in [6, 6.07) is 5.17. The fourth-order valence-corrected chi connectivity index (χ4v) is 2.68. The average molecular weight is 390 g/mol. The van der Waals surface area contributed by atoms with Crippen molar-refractivity contribution >= 4 is 23.5 Å². The number of carboxylic acid groups (broad SMARTS) is 1. The number of hydrogen-bond donors (Lipinski definition) is 2. The van der Waals surface area contributed by atoms with Crippen LogP contribution in [0.4, 0.5) is 10.1 Å². The van der Waals surface area contributed by atoms with E-state index in [4.69, 9.17) is 9.52 Å². The Kier molecular flexibility index (Phi) is 6.56. The summed E-state index contributed by atoms with van der Waals surface area (Å²) in [6.45, 7) is 5.32. The van der Waals surface area contributed by atoms with Crippen LogP contribution >= 0.6 is 0 Å². The van der Waals surface area contributed by atoms with Gasteiger partial charge in [0.25, 0.3) is 5.91 Å². The van der Waals surface area contributed by atoms with Crippen molar-refractivity contribution in [3.05, 3.63) is 52.7 Å². The van der Waals surface area contributed by atoms with Gasteiger partial charge in [-0.25, -0.2) is 9.18 Å². The Morgan fingerprint density at radius 2 is 1.93 bits per heavy atom. The van der Waals surface area contributed by atoms with E-state index < -0.39 is 17.7 Å². The van der Waals surface area contributed by atoms with E-state index in [0.29, 0.717) is 5.76 Å². The molecule has 0 radical (unpaired) electrons. The van der Waals surface area contributed by atoms with Gasteiger partial charge in [0.05, 0.1) is 12.2 Å². The molecule has 7 nitrogen and oxygen atoms in total. The lowest BCUT2D eigenvalue weighted by Gasteiger charge is -2.16. The molecule has 0 aliphatic carbocycles. The first-order valence-corrected chi connectivity index (χ1v) is 8.76. The van der Waals surface area contributed by atoms with E-state index in [1.165, 1.54) is 37.1 Å². The maximum atomic E-state index is 14.3. The zero-order valence-corrected chi connectivity index (χ0v) is 16.2. The van der Waals surface area contributed by atoms with E-state index in [2.05, 4.69) is 5.32 Å². The third kappa shape index (κ3) is 5.18. The predicted octanol–water partition coefficient (Wildman–Crippen LogP) is 3.68. The van der Waals surface area contributed by atoms with Crippen LogP contribution in [-0.4, -0.2) is 34.8 Å². The van der Waals surface area contributed by atoms with Crippen molar-refractivity contribution in [2.24, 2.45) is 5.92 Å². The van der Waals surface area contributed by atoms with E-state index in [-0.39, 0.29) is 47.4 Å². The molecule has 0 saturated carbocycles. The van der Waals surface area contributed by atoms with E-state index in [1.807, 2.05) is 13.8 Å². The molecule has 1 heterocycles. The summed E-state index contributed by atoms with van der Waals surface area (Å²) >= 11 is 0. The van der Waals surface area contributed by atoms with Crippen LogP contribution in [0.1, 0.15) is 52.5 Å². The van der Waals surface area contributed by atoms with Gasteiger partial charge in [-0.15, -0.1) is 0 Å². The molecule has 0 bridgehead atoms. The Morgan fingerprint density at radius 1 is 1.25 bits per heavy atom. The first-order valence-electron chi connectivity index (χ1n) is 8.76. The molecular weight excluding hydrogens is 367 g/mol. The van der Waals surface area contributed by atoms with Gasteiger partial charge >= 0.3 is 5.97 Å². The SMILES string of the molecule is Cc1oc(CN(C)C(=O)c2ccc(NC(=O)CC(C)C)c(F)c2)cc1C(=O)O. The van der Waals surface area contributed by atoms with Crippen molar-refractivity contribution < 1.29 is 28.3 Å². The monoisotopic (exact) mass is 390 g/mol. The molecule has 8 heteroatoms. The molecule has 0 aliphatic heterocycles. The molecule has 28 heavy (non-hydrogen) atoms. The van der Waals surface area contributed by atoms with E-state index >= 15 is 0 Å². The fraction of sp³-hybridized carbons (Fsp3) is 0.350. The highest BCUT2D eigenvalue weighted by atomic mass is 19.1. The third-order valence-corrected chi connectivity index (χ3v) is 4.02. The Labute approximate surface area is 162 Å². The number of aromatic carboxylic acids is 1. The number of carbonyl (C=O) groups is 3. The number of furan rings is 1. The minimum atomic E-state index is -1.11. The molecule has 2 amide bonds. The number of hydrogen-bond acceptors (Lipinski definition) is 4. The van der Waals surface area contributed by atoms with Crippen molar-refractivity contribution in [3.63, 3.8) is 0 Å². The molecule has 2 rings (SSSR count). The zero-order valence-electron chi connectivity index (χ0n) is 16.2. The van der Waals surface area contributed by atoms with E-state index in [1.54, 1.807) is 0 Å². The molecule has 2 aromatic rings. The third-order valence-electron chi connectivity index (χ3n) is 4.02. The number of halogens is 1. The van der Waals surface area contributed by atoms with E-state index in [0.717, 1.165) is 6.07 Å². The Morgan fingerprint density at radius 3 is 2.46 bits per heavy atom. The summed E-state index contributed by atoms with van der Waals surface area (Å²) in [5.41, 5.74) is 0.143. The Hall–Kier alpha value is -3.16. The molecule has 1 aromatic heterocycles. The van der Waals surface area contributed by atoms with Crippen molar-refractivity contribution in [2.45, 2.75) is 33.7 Å². The summed E-state index contributed by atoms with van der Waals surface area (Å²) in [5.74, 6) is -1.89. The fourth-order valence-electron chi connectivity index (χ4n) is 2.68. The molecule has 0 saturated heterocycles. The van der Waals surface area contributed by atoms with Gasteiger partial charge in [-0.1, -0.05) is 13.8 Å². The minimum Gasteiger partial charge on any atom is -0.478 e. The van der Waals surface area contributed by atoms with Crippen LogP contribution in [0.2, 0.25) is 0 Å². The number of nitrogens with zero attached hydrogens (tertiary/aromatic N) is 1. The molecule has 0 spiro atoms. The molecular formula is C20H23FN2O5. The van der Waals surface area contributed by atoms with Crippen molar-refractivity contribution in [1.82, 2.24) is 4.90 Å². The number of amides is 2. The number of aryl methyl sites for hydroxylation is 1. The second kappa shape index (κ2) is 8.69. The summed E-state index contributed by atoms with van der Waals surface area (Å²) in [5, 5.41) is 11.5. The lowest BCUT2D eigenvalue weighted by atomic mass is 10.1. The largest absolute Gasteiger partial charge is 0.478 e. The first kappa shape index (κ1) is 21.1. The van der Waals surface area contributed by atoms with Gasteiger partial charge in [0.15, 0.2) is 0 Å². The molecule has 0 atom stereocenters. The molecule has 0 unspecified atom stereocenters. The first-order chi connectivity index (χ1) is 13.1. The zero-order chi connectivity index (χ0) is 21.0. The lowest BCUT2D eigenvalue weighted by molar-refractivity contribution is -0.116. The molecule has 150 valence electrons. The molecule has 1 aromatic carbocycles. The smallest absolute Gasteiger partial charge is 0.339 e. The maximum absolute atomic E-state index is 14.3. The second-order valence-corrected chi connectivity index (χ2v) is 6.99. The van der Waals surface area contributed by atoms with Gasteiger partial charge in [-0.2, -0.15) is 0 Å². The van der Waals surface area contributed by atoms with Gasteiger partial charge in [-0.3, -0.25) is 9.59 Å². The van der Waals surface area contributed by atoms with Crippen molar-refractivity contribution in [1.29, 1.82) is 0 Å². The van der Waals surface area contributed by atoms with Crippen molar-refractivity contribution in [2.75, 3.05) is 12.4 Å². The topological polar surface area (TPSA) is 99.9 Å². The van der Waals surface area contributed by atoms with Crippen molar-refractivity contribution in [3.8, 4) is 0 Å². The highest BCUT2D eigenvalue weighted by Crippen LogP contribution is 2.20. The number of nitrogens with one attached hydrogen (secondary N) is 1. The van der Waals surface area contributed by atoms with Crippen LogP contribution in [0, 0.1) is 18.7 Å². The van der Waals surface area contributed by atoms with Crippen LogP contribution in [-0.2, 0) is 11.3 Å². The lowest BCUT2D eigenvalue weighted by Crippen LogP contribution is -2.26. The van der Waals surface area contributed by atoms with Gasteiger partial charge in [0.2, 0.25) is 5.91 Å². The minimum absolute atomic E-state index is 0.0117. The van der Waals surface area contributed by atoms with Gasteiger partial charge in [0, 0.05) is 19.0 Å². The normalized spacial score (nSPS) is 10.8. The highest BCUT2D eigenvalue weighted by molar-refractivity contribution is 5.96. The summed E-state index contributed by atoms with van der Waals surface area (Å²) < 4.78 is 19.6. The predicted molar refractivity (Wildman–Crippen MR) is 101 cm³/mol. The van der Waals surface area contributed by atoms with Crippen LogP contribution in [0.3, 0.4) is 0 Å². The number of rotatable bonds is 7. The molecule has 2 N–H and O–H groups in total. The maximum Gasteiger partial charge on any atom is 0.339 e.